The molecule has 3 atom stereocenters. The van der Waals surface area contributed by atoms with E-state index in [4.69, 9.17) is 17.0 Å². The molecule has 1 aromatic heterocycles. The van der Waals surface area contributed by atoms with Crippen LogP contribution in [-0.4, -0.2) is 22.6 Å². The molecule has 5 nitrogen and oxygen atoms in total. The lowest BCUT2D eigenvalue weighted by molar-refractivity contribution is 0.0601. The molecule has 0 bridgehead atoms. The maximum absolute atomic E-state index is 13.0. The van der Waals surface area contributed by atoms with Crippen LogP contribution < -0.4 is 5.56 Å². The van der Waals surface area contributed by atoms with E-state index < -0.39 is 5.97 Å². The van der Waals surface area contributed by atoms with Crippen molar-refractivity contribution >= 4 is 29.1 Å². The molecule has 3 rings (SSSR count). The van der Waals surface area contributed by atoms with E-state index in [0.717, 1.165) is 12.8 Å². The highest BCUT2D eigenvalue weighted by Gasteiger charge is 2.30. The molecule has 6 heteroatoms. The summed E-state index contributed by atoms with van der Waals surface area (Å²) in [4.78, 5) is 27.8. The largest absolute Gasteiger partial charge is 0.465 e. The Hall–Kier alpha value is -1.95. The van der Waals surface area contributed by atoms with Gasteiger partial charge in [0.2, 0.25) is 0 Å². The van der Waals surface area contributed by atoms with Crippen LogP contribution >= 0.6 is 12.2 Å². The third-order valence-electron chi connectivity index (χ3n) is 5.35. The molecule has 0 unspecified atom stereocenters. The molecule has 24 heavy (non-hydrogen) atoms. The van der Waals surface area contributed by atoms with E-state index in [-0.39, 0.29) is 11.6 Å². The fraction of sp³-hybridized carbons (Fsp3) is 0.500. The van der Waals surface area contributed by atoms with Gasteiger partial charge >= 0.3 is 5.97 Å². The lowest BCUT2D eigenvalue weighted by Gasteiger charge is -2.35. The van der Waals surface area contributed by atoms with E-state index in [0.29, 0.717) is 33.1 Å². The van der Waals surface area contributed by atoms with Crippen molar-refractivity contribution in [2.45, 2.75) is 39.2 Å². The topological polar surface area (TPSA) is 64.1 Å². The van der Waals surface area contributed by atoms with Crippen molar-refractivity contribution in [3.8, 4) is 0 Å². The lowest BCUT2D eigenvalue weighted by Crippen LogP contribution is -2.34. The lowest BCUT2D eigenvalue weighted by atomic mass is 9.78. The number of benzene rings is 1. The SMILES string of the molecule is COC(=O)c1ccc2c(=O)n([C@@H]3CCC[C@H](C)[C@@H]3C)c(=S)[nH]c2c1. The van der Waals surface area contributed by atoms with Gasteiger partial charge in [0.05, 0.1) is 23.6 Å². The number of hydrogen-bond donors (Lipinski definition) is 1. The number of aromatic nitrogens is 2. The van der Waals surface area contributed by atoms with Crippen LogP contribution in [0.25, 0.3) is 10.9 Å². The molecular weight excluding hydrogens is 324 g/mol. The third kappa shape index (κ3) is 2.79. The van der Waals surface area contributed by atoms with E-state index in [1.807, 2.05) is 0 Å². The van der Waals surface area contributed by atoms with Gasteiger partial charge in [-0.2, -0.15) is 0 Å². The molecule has 1 aromatic carbocycles. The summed E-state index contributed by atoms with van der Waals surface area (Å²) in [5.41, 5.74) is 0.879. The summed E-state index contributed by atoms with van der Waals surface area (Å²) in [5.74, 6) is 0.538. The molecule has 0 amide bonds. The molecule has 0 radical (unpaired) electrons. The predicted octanol–water partition coefficient (Wildman–Crippen LogP) is 3.84. The van der Waals surface area contributed by atoms with Crippen molar-refractivity contribution in [3.63, 3.8) is 0 Å². The highest BCUT2D eigenvalue weighted by atomic mass is 32.1. The highest BCUT2D eigenvalue weighted by Crippen LogP contribution is 2.37. The van der Waals surface area contributed by atoms with Gasteiger partial charge in [0.25, 0.3) is 5.56 Å². The molecule has 128 valence electrons. The number of aromatic amines is 1. The Bertz CT molecular complexity index is 899. The van der Waals surface area contributed by atoms with Gasteiger partial charge in [-0.05, 0) is 48.7 Å². The van der Waals surface area contributed by atoms with Gasteiger partial charge in [-0.3, -0.25) is 9.36 Å². The zero-order valence-corrected chi connectivity index (χ0v) is 15.0. The number of nitrogens with zero attached hydrogens (tertiary/aromatic N) is 1. The van der Waals surface area contributed by atoms with E-state index in [1.165, 1.54) is 13.5 Å². The minimum atomic E-state index is -0.435. The Morgan fingerprint density at radius 2 is 2.08 bits per heavy atom. The molecule has 0 saturated heterocycles. The Labute approximate surface area is 145 Å². The molecule has 0 aliphatic heterocycles. The first-order valence-corrected chi connectivity index (χ1v) is 8.71. The minimum Gasteiger partial charge on any atom is -0.465 e. The van der Waals surface area contributed by atoms with Crippen molar-refractivity contribution in [1.82, 2.24) is 9.55 Å². The quantitative estimate of drug-likeness (QED) is 0.663. The molecule has 1 aliphatic rings. The van der Waals surface area contributed by atoms with E-state index in [2.05, 4.69) is 18.8 Å². The number of carbonyl (C=O) groups excluding carboxylic acids is 1. The minimum absolute atomic E-state index is 0.0869. The summed E-state index contributed by atoms with van der Waals surface area (Å²) < 4.78 is 6.88. The average Bonchev–Trinajstić information content (AvgIpc) is 2.57. The standard InChI is InChI=1S/C18H22N2O3S/c1-10-5-4-6-15(11(10)2)20-16(21)13-8-7-12(17(22)23-3)9-14(13)19-18(20)24/h7-11,15H,4-6H2,1-3H3,(H,19,24)/t10-,11-,15+/m0/s1. The Morgan fingerprint density at radius 3 is 2.79 bits per heavy atom. The maximum Gasteiger partial charge on any atom is 0.337 e. The Kier molecular flexibility index (Phi) is 4.58. The van der Waals surface area contributed by atoms with Crippen LogP contribution in [0.1, 0.15) is 49.5 Å². The number of ether oxygens (including phenoxy) is 1. The molecule has 0 spiro atoms. The van der Waals surface area contributed by atoms with Gasteiger partial charge < -0.3 is 9.72 Å². The van der Waals surface area contributed by atoms with Crippen molar-refractivity contribution < 1.29 is 9.53 Å². The second kappa shape index (κ2) is 6.51. The number of methoxy groups -OCH3 is 1. The second-order valence-corrected chi connectivity index (χ2v) is 7.08. The maximum atomic E-state index is 13.0. The zero-order valence-electron chi connectivity index (χ0n) is 14.2. The fourth-order valence-electron chi connectivity index (χ4n) is 3.70. The normalized spacial score (nSPS) is 24.0. The van der Waals surface area contributed by atoms with Crippen LogP contribution in [0.3, 0.4) is 0 Å². The van der Waals surface area contributed by atoms with Gasteiger partial charge in [0, 0.05) is 6.04 Å². The Balaban J connectivity index is 2.16. The molecule has 2 aromatic rings. The van der Waals surface area contributed by atoms with Gasteiger partial charge in [-0.1, -0.05) is 26.7 Å². The number of fused-ring (bicyclic) bond motifs is 1. The summed E-state index contributed by atoms with van der Waals surface area (Å²) in [5, 5.41) is 0.543. The van der Waals surface area contributed by atoms with Crippen LogP contribution in [0.4, 0.5) is 0 Å². The van der Waals surface area contributed by atoms with Gasteiger partial charge in [0.1, 0.15) is 0 Å². The summed E-state index contributed by atoms with van der Waals surface area (Å²) in [6, 6.07) is 5.02. The number of nitrogens with one attached hydrogen (secondary N) is 1. The fourth-order valence-corrected chi connectivity index (χ4v) is 4.02. The number of esters is 1. The number of hydrogen-bond acceptors (Lipinski definition) is 4. The van der Waals surface area contributed by atoms with Crippen LogP contribution in [0.2, 0.25) is 0 Å². The van der Waals surface area contributed by atoms with Crippen molar-refractivity contribution in [2.24, 2.45) is 11.8 Å². The molecule has 1 fully saturated rings. The van der Waals surface area contributed by atoms with Gasteiger partial charge in [-0.15, -0.1) is 0 Å². The van der Waals surface area contributed by atoms with Gasteiger partial charge in [-0.25, -0.2) is 4.79 Å². The first-order valence-electron chi connectivity index (χ1n) is 8.31. The Morgan fingerprint density at radius 1 is 1.33 bits per heavy atom. The number of carbonyl (C=O) groups is 1. The third-order valence-corrected chi connectivity index (χ3v) is 5.64. The van der Waals surface area contributed by atoms with Crippen molar-refractivity contribution in [2.75, 3.05) is 7.11 Å². The molecule has 1 heterocycles. The van der Waals surface area contributed by atoms with E-state index in [9.17, 15) is 9.59 Å². The van der Waals surface area contributed by atoms with Crippen LogP contribution in [0, 0.1) is 16.6 Å². The summed E-state index contributed by atoms with van der Waals surface area (Å²) in [6.07, 6.45) is 3.27. The average molecular weight is 346 g/mol. The second-order valence-electron chi connectivity index (χ2n) is 6.69. The molecule has 1 N–H and O–H groups in total. The summed E-state index contributed by atoms with van der Waals surface area (Å²) >= 11 is 5.47. The zero-order chi connectivity index (χ0) is 17.4. The van der Waals surface area contributed by atoms with Crippen LogP contribution in [0.15, 0.2) is 23.0 Å². The van der Waals surface area contributed by atoms with Crippen LogP contribution in [0.5, 0.6) is 0 Å². The molecule has 1 aliphatic carbocycles. The number of H-pyrrole nitrogens is 1. The molecular formula is C18H22N2O3S. The smallest absolute Gasteiger partial charge is 0.337 e. The predicted molar refractivity (Wildman–Crippen MR) is 95.9 cm³/mol. The van der Waals surface area contributed by atoms with Crippen molar-refractivity contribution in [1.29, 1.82) is 0 Å². The number of rotatable bonds is 2. The summed E-state index contributed by atoms with van der Waals surface area (Å²) in [7, 11) is 1.33. The van der Waals surface area contributed by atoms with E-state index in [1.54, 1.807) is 22.8 Å². The highest BCUT2D eigenvalue weighted by molar-refractivity contribution is 7.71. The molecule has 1 saturated carbocycles. The van der Waals surface area contributed by atoms with Crippen LogP contribution in [-0.2, 0) is 4.74 Å². The summed E-state index contributed by atoms with van der Waals surface area (Å²) in [6.45, 7) is 4.43. The first-order chi connectivity index (χ1) is 11.4. The first kappa shape index (κ1) is 16.9. The van der Waals surface area contributed by atoms with Gasteiger partial charge in [0.15, 0.2) is 4.77 Å². The van der Waals surface area contributed by atoms with E-state index >= 15 is 0 Å². The monoisotopic (exact) mass is 346 g/mol. The van der Waals surface area contributed by atoms with Crippen molar-refractivity contribution in [3.05, 3.63) is 38.9 Å².